The van der Waals surface area contributed by atoms with E-state index in [-0.39, 0.29) is 16.5 Å². The lowest BCUT2D eigenvalue weighted by molar-refractivity contribution is 0.153. The predicted octanol–water partition coefficient (Wildman–Crippen LogP) is 5.04. The fourth-order valence-electron chi connectivity index (χ4n) is 4.19. The van der Waals surface area contributed by atoms with Crippen molar-refractivity contribution in [2.75, 3.05) is 29.8 Å². The SMILES string of the molecule is CN(c1ccc(S(=O)(=O)Nc2cscn2)cc1Cl)C1CCN(C(C)(C)c2ccccc2)C1. The highest BCUT2D eigenvalue weighted by Gasteiger charge is 2.36. The maximum Gasteiger partial charge on any atom is 0.263 e. The molecule has 0 saturated carbocycles. The molecule has 1 fully saturated rings. The van der Waals surface area contributed by atoms with E-state index in [1.54, 1.807) is 23.0 Å². The summed E-state index contributed by atoms with van der Waals surface area (Å²) >= 11 is 7.88. The van der Waals surface area contributed by atoms with Crippen molar-refractivity contribution in [2.24, 2.45) is 0 Å². The van der Waals surface area contributed by atoms with Gasteiger partial charge in [0.25, 0.3) is 10.0 Å². The first-order chi connectivity index (χ1) is 15.2. The quantitative estimate of drug-likeness (QED) is 0.502. The van der Waals surface area contributed by atoms with Crippen LogP contribution in [0, 0.1) is 0 Å². The number of rotatable bonds is 7. The van der Waals surface area contributed by atoms with Gasteiger partial charge in [0.05, 0.1) is 21.1 Å². The number of nitrogens with zero attached hydrogens (tertiary/aromatic N) is 3. The highest BCUT2D eigenvalue weighted by Crippen LogP contribution is 2.35. The molecule has 1 aromatic heterocycles. The smallest absolute Gasteiger partial charge is 0.263 e. The molecule has 1 aliphatic heterocycles. The summed E-state index contributed by atoms with van der Waals surface area (Å²) in [6, 6.07) is 15.7. The Labute approximate surface area is 198 Å². The molecule has 2 heterocycles. The van der Waals surface area contributed by atoms with Crippen molar-refractivity contribution in [1.82, 2.24) is 9.88 Å². The minimum atomic E-state index is -3.74. The zero-order valence-corrected chi connectivity index (χ0v) is 20.7. The summed E-state index contributed by atoms with van der Waals surface area (Å²) in [4.78, 5) is 8.75. The van der Waals surface area contributed by atoms with Crippen molar-refractivity contribution in [3.63, 3.8) is 0 Å². The Morgan fingerprint density at radius 1 is 1.22 bits per heavy atom. The fourth-order valence-corrected chi connectivity index (χ4v) is 6.15. The van der Waals surface area contributed by atoms with Crippen LogP contribution in [-0.2, 0) is 15.6 Å². The first kappa shape index (κ1) is 23.0. The lowest BCUT2D eigenvalue weighted by Crippen LogP contribution is -2.42. The van der Waals surface area contributed by atoms with Gasteiger partial charge in [0, 0.05) is 37.1 Å². The number of nitrogens with one attached hydrogen (secondary N) is 1. The van der Waals surface area contributed by atoms with Gasteiger partial charge < -0.3 is 4.90 Å². The monoisotopic (exact) mass is 490 g/mol. The van der Waals surface area contributed by atoms with E-state index in [0.717, 1.165) is 25.2 Å². The molecule has 1 N–H and O–H groups in total. The molecule has 9 heteroatoms. The summed E-state index contributed by atoms with van der Waals surface area (Å²) in [6.45, 7) is 6.40. The Bertz CT molecular complexity index is 1170. The van der Waals surface area contributed by atoms with Gasteiger partial charge >= 0.3 is 0 Å². The van der Waals surface area contributed by atoms with Crippen LogP contribution < -0.4 is 9.62 Å². The van der Waals surface area contributed by atoms with Gasteiger partial charge in [0.15, 0.2) is 5.82 Å². The summed E-state index contributed by atoms with van der Waals surface area (Å²) in [5.41, 5.74) is 3.62. The number of thiazole rings is 1. The third-order valence-electron chi connectivity index (χ3n) is 6.26. The Morgan fingerprint density at radius 2 is 1.97 bits per heavy atom. The lowest BCUT2D eigenvalue weighted by Gasteiger charge is -2.37. The molecule has 170 valence electrons. The van der Waals surface area contributed by atoms with E-state index >= 15 is 0 Å². The third-order valence-corrected chi connectivity index (χ3v) is 8.50. The van der Waals surface area contributed by atoms with Crippen LogP contribution in [0.5, 0.6) is 0 Å². The second-order valence-corrected chi connectivity index (χ2v) is 11.3. The second-order valence-electron chi connectivity index (χ2n) is 8.52. The Morgan fingerprint density at radius 3 is 2.62 bits per heavy atom. The second kappa shape index (κ2) is 9.02. The topological polar surface area (TPSA) is 65.5 Å². The Kier molecular flexibility index (Phi) is 6.49. The molecule has 6 nitrogen and oxygen atoms in total. The Balaban J connectivity index is 1.49. The zero-order valence-electron chi connectivity index (χ0n) is 18.3. The summed E-state index contributed by atoms with van der Waals surface area (Å²) in [5, 5.41) is 2.05. The van der Waals surface area contributed by atoms with Crippen LogP contribution in [0.25, 0.3) is 0 Å². The van der Waals surface area contributed by atoms with Gasteiger partial charge in [0.1, 0.15) is 0 Å². The van der Waals surface area contributed by atoms with E-state index in [4.69, 9.17) is 11.6 Å². The number of sulfonamides is 1. The first-order valence-electron chi connectivity index (χ1n) is 10.4. The van der Waals surface area contributed by atoms with Gasteiger partial charge in [-0.1, -0.05) is 41.9 Å². The maximum absolute atomic E-state index is 12.7. The van der Waals surface area contributed by atoms with Gasteiger partial charge in [-0.2, -0.15) is 0 Å². The van der Waals surface area contributed by atoms with Crippen LogP contribution in [0.2, 0.25) is 5.02 Å². The van der Waals surface area contributed by atoms with Gasteiger partial charge in [-0.15, -0.1) is 11.3 Å². The van der Waals surface area contributed by atoms with Gasteiger partial charge in [-0.25, -0.2) is 13.4 Å². The standard InChI is InChI=1S/C23H27ClN4O2S2/c1-23(2,17-7-5-4-6-8-17)28-12-11-18(14-28)27(3)21-10-9-19(13-20(21)24)32(29,30)26-22-15-31-16-25-22/h4-10,13,15-16,18,26H,11-12,14H2,1-3H3. The molecule has 0 amide bonds. The molecule has 2 aromatic carbocycles. The van der Waals surface area contributed by atoms with E-state index < -0.39 is 10.0 Å². The summed E-state index contributed by atoms with van der Waals surface area (Å²) < 4.78 is 27.8. The average Bonchev–Trinajstić information content (AvgIpc) is 3.46. The van der Waals surface area contributed by atoms with Crippen LogP contribution in [0.15, 0.2) is 64.3 Å². The summed E-state index contributed by atoms with van der Waals surface area (Å²) in [7, 11) is -1.72. The van der Waals surface area contributed by atoms with Gasteiger partial charge in [0.2, 0.25) is 0 Å². The van der Waals surface area contributed by atoms with E-state index in [1.165, 1.54) is 23.0 Å². The normalized spacial score (nSPS) is 17.4. The molecule has 1 saturated heterocycles. The van der Waals surface area contributed by atoms with E-state index in [9.17, 15) is 8.42 Å². The number of anilines is 2. The van der Waals surface area contributed by atoms with Crippen molar-refractivity contribution < 1.29 is 8.42 Å². The number of likely N-dealkylation sites (tertiary alicyclic amines) is 1. The van der Waals surface area contributed by atoms with Crippen LogP contribution in [0.1, 0.15) is 25.8 Å². The van der Waals surface area contributed by atoms with Crippen LogP contribution in [-0.4, -0.2) is 44.5 Å². The molecule has 1 aliphatic rings. The van der Waals surface area contributed by atoms with Gasteiger partial charge in [-0.05, 0) is 44.0 Å². The first-order valence-corrected chi connectivity index (χ1v) is 13.2. The van der Waals surface area contributed by atoms with Crippen molar-refractivity contribution in [1.29, 1.82) is 0 Å². The molecule has 0 spiro atoms. The van der Waals surface area contributed by atoms with Crippen LogP contribution >= 0.6 is 22.9 Å². The molecule has 0 radical (unpaired) electrons. The number of aromatic nitrogens is 1. The summed E-state index contributed by atoms with van der Waals surface area (Å²) in [5.74, 6) is 0.305. The van der Waals surface area contributed by atoms with Crippen LogP contribution in [0.3, 0.4) is 0 Å². The van der Waals surface area contributed by atoms with Gasteiger partial charge in [-0.3, -0.25) is 9.62 Å². The Hall–Kier alpha value is -2.13. The van der Waals surface area contributed by atoms with Crippen LogP contribution in [0.4, 0.5) is 11.5 Å². The number of hydrogen-bond acceptors (Lipinski definition) is 6. The number of halogens is 1. The number of hydrogen-bond donors (Lipinski definition) is 1. The fraction of sp³-hybridized carbons (Fsp3) is 0.348. The largest absolute Gasteiger partial charge is 0.369 e. The predicted molar refractivity (Wildman–Crippen MR) is 132 cm³/mol. The minimum absolute atomic E-state index is 0.0695. The molecule has 0 bridgehead atoms. The van der Waals surface area contributed by atoms with Crippen molar-refractivity contribution >= 4 is 44.5 Å². The third kappa shape index (κ3) is 4.64. The van der Waals surface area contributed by atoms with Crippen molar-refractivity contribution in [2.45, 2.75) is 36.7 Å². The summed E-state index contributed by atoms with van der Waals surface area (Å²) in [6.07, 6.45) is 1.01. The van der Waals surface area contributed by atoms with Crippen molar-refractivity contribution in [3.05, 3.63) is 70.0 Å². The lowest BCUT2D eigenvalue weighted by atomic mass is 9.92. The molecular formula is C23H27ClN4O2S2. The average molecular weight is 491 g/mol. The number of likely N-dealkylation sites (N-methyl/N-ethyl adjacent to an activating group) is 1. The molecular weight excluding hydrogens is 464 g/mol. The molecule has 3 aromatic rings. The highest BCUT2D eigenvalue weighted by molar-refractivity contribution is 7.92. The maximum atomic E-state index is 12.7. The highest BCUT2D eigenvalue weighted by atomic mass is 35.5. The van der Waals surface area contributed by atoms with Crippen molar-refractivity contribution in [3.8, 4) is 0 Å². The number of benzene rings is 2. The molecule has 1 atom stereocenters. The molecule has 4 rings (SSSR count). The minimum Gasteiger partial charge on any atom is -0.369 e. The van der Waals surface area contributed by atoms with E-state index in [2.05, 4.69) is 57.6 Å². The molecule has 32 heavy (non-hydrogen) atoms. The zero-order chi connectivity index (χ0) is 22.9. The van der Waals surface area contributed by atoms with E-state index in [0.29, 0.717) is 10.8 Å². The van der Waals surface area contributed by atoms with E-state index in [1.807, 2.05) is 13.1 Å². The molecule has 0 aliphatic carbocycles. The molecule has 1 unspecified atom stereocenters.